The highest BCUT2D eigenvalue weighted by molar-refractivity contribution is 7.89. The van der Waals surface area contributed by atoms with Crippen molar-refractivity contribution in [1.29, 1.82) is 0 Å². The van der Waals surface area contributed by atoms with E-state index in [9.17, 15) is 13.2 Å². The molecule has 0 amide bonds. The van der Waals surface area contributed by atoms with E-state index in [4.69, 9.17) is 33.1 Å². The zero-order chi connectivity index (χ0) is 14.2. The molecule has 19 heavy (non-hydrogen) atoms. The zero-order valence-corrected chi connectivity index (χ0v) is 12.1. The van der Waals surface area contributed by atoms with Crippen LogP contribution in [0.2, 0.25) is 10.0 Å². The van der Waals surface area contributed by atoms with Crippen molar-refractivity contribution in [3.8, 4) is 0 Å². The van der Waals surface area contributed by atoms with Crippen LogP contribution in [0.4, 0.5) is 0 Å². The lowest BCUT2D eigenvalue weighted by Crippen LogP contribution is -2.25. The fourth-order valence-electron chi connectivity index (χ4n) is 1.61. The molecule has 0 radical (unpaired) electrons. The van der Waals surface area contributed by atoms with Gasteiger partial charge in [-0.2, -0.15) is 0 Å². The molecule has 1 aliphatic rings. The number of primary sulfonamides is 1. The Labute approximate surface area is 120 Å². The summed E-state index contributed by atoms with van der Waals surface area (Å²) in [6.07, 6.45) is 2.49. The number of ether oxygens (including phenoxy) is 1. The third-order valence-corrected chi connectivity index (χ3v) is 4.56. The van der Waals surface area contributed by atoms with Crippen molar-refractivity contribution >= 4 is 39.2 Å². The Hall–Kier alpha value is -0.820. The summed E-state index contributed by atoms with van der Waals surface area (Å²) in [6, 6.07) is 2.21. The van der Waals surface area contributed by atoms with Gasteiger partial charge >= 0.3 is 5.97 Å². The van der Waals surface area contributed by atoms with E-state index in [1.54, 1.807) is 0 Å². The van der Waals surface area contributed by atoms with E-state index in [2.05, 4.69) is 0 Å². The molecule has 8 heteroatoms. The highest BCUT2D eigenvalue weighted by Gasteiger charge is 2.25. The molecule has 0 saturated heterocycles. The van der Waals surface area contributed by atoms with Gasteiger partial charge < -0.3 is 4.74 Å². The van der Waals surface area contributed by atoms with Gasteiger partial charge in [-0.3, -0.25) is 0 Å². The molecule has 0 aliphatic heterocycles. The summed E-state index contributed by atoms with van der Waals surface area (Å²) in [5.74, 6) is -0.670. The smallest absolute Gasteiger partial charge is 0.339 e. The Morgan fingerprint density at radius 2 is 1.89 bits per heavy atom. The van der Waals surface area contributed by atoms with E-state index in [-0.39, 0.29) is 26.6 Å². The van der Waals surface area contributed by atoms with E-state index in [1.165, 1.54) is 6.07 Å². The summed E-state index contributed by atoms with van der Waals surface area (Å²) < 4.78 is 27.8. The molecule has 1 aliphatic carbocycles. The molecule has 0 aromatic heterocycles. The van der Waals surface area contributed by atoms with Gasteiger partial charge in [0, 0.05) is 0 Å². The molecule has 0 unspecified atom stereocenters. The summed E-state index contributed by atoms with van der Waals surface area (Å²) in [7, 11) is -4.02. The van der Waals surface area contributed by atoms with E-state index < -0.39 is 16.0 Å². The Bertz CT molecular complexity index is 626. The van der Waals surface area contributed by atoms with Gasteiger partial charge in [0.15, 0.2) is 0 Å². The lowest BCUT2D eigenvalue weighted by atomic mass is 9.96. The first kappa shape index (κ1) is 14.6. The quantitative estimate of drug-likeness (QED) is 0.865. The molecule has 1 aromatic rings. The monoisotopic (exact) mass is 323 g/mol. The molecule has 0 heterocycles. The van der Waals surface area contributed by atoms with Gasteiger partial charge in [-0.25, -0.2) is 18.4 Å². The van der Waals surface area contributed by atoms with Crippen molar-refractivity contribution in [2.45, 2.75) is 30.3 Å². The van der Waals surface area contributed by atoms with Crippen molar-refractivity contribution in [3.63, 3.8) is 0 Å². The topological polar surface area (TPSA) is 86.5 Å². The van der Waals surface area contributed by atoms with Crippen LogP contribution in [0.5, 0.6) is 0 Å². The molecule has 0 atom stereocenters. The van der Waals surface area contributed by atoms with Crippen molar-refractivity contribution in [2.75, 3.05) is 0 Å². The van der Waals surface area contributed by atoms with Crippen LogP contribution in [-0.2, 0) is 14.8 Å². The van der Waals surface area contributed by atoms with Crippen LogP contribution >= 0.6 is 23.2 Å². The maximum atomic E-state index is 11.9. The van der Waals surface area contributed by atoms with Gasteiger partial charge in [0.2, 0.25) is 10.0 Å². The molecular weight excluding hydrogens is 313 g/mol. The molecule has 1 saturated carbocycles. The third kappa shape index (κ3) is 3.20. The van der Waals surface area contributed by atoms with E-state index in [1.807, 2.05) is 0 Å². The normalized spacial score (nSPS) is 15.9. The Balaban J connectivity index is 2.36. The molecule has 5 nitrogen and oxygen atoms in total. The van der Waals surface area contributed by atoms with Gasteiger partial charge in [0.05, 0.1) is 15.6 Å². The van der Waals surface area contributed by atoms with E-state index in [0.29, 0.717) is 0 Å². The lowest BCUT2D eigenvalue weighted by molar-refractivity contribution is 0.00900. The second-order valence-corrected chi connectivity index (χ2v) is 6.61. The van der Waals surface area contributed by atoms with Crippen LogP contribution < -0.4 is 5.14 Å². The number of halogens is 2. The number of benzene rings is 1. The average molecular weight is 324 g/mol. The second kappa shape index (κ2) is 5.28. The number of hydrogen-bond donors (Lipinski definition) is 1. The van der Waals surface area contributed by atoms with Gasteiger partial charge in [-0.05, 0) is 31.4 Å². The minimum atomic E-state index is -4.02. The van der Waals surface area contributed by atoms with Crippen molar-refractivity contribution < 1.29 is 17.9 Å². The second-order valence-electron chi connectivity index (χ2n) is 4.27. The van der Waals surface area contributed by atoms with Gasteiger partial charge in [-0.1, -0.05) is 23.2 Å². The standard InChI is InChI=1S/C11H11Cl2NO4S/c12-8-5-9(13)10(19(14,16)17)4-7(8)11(15)18-6-2-1-3-6/h4-6H,1-3H2,(H2,14,16,17). The molecule has 0 spiro atoms. The Morgan fingerprint density at radius 3 is 2.37 bits per heavy atom. The largest absolute Gasteiger partial charge is 0.459 e. The van der Waals surface area contributed by atoms with Crippen molar-refractivity contribution in [3.05, 3.63) is 27.7 Å². The number of esters is 1. The van der Waals surface area contributed by atoms with Crippen LogP contribution in [0.25, 0.3) is 0 Å². The molecular formula is C11H11Cl2NO4S. The van der Waals surface area contributed by atoms with E-state index in [0.717, 1.165) is 25.3 Å². The van der Waals surface area contributed by atoms with E-state index >= 15 is 0 Å². The lowest BCUT2D eigenvalue weighted by Gasteiger charge is -2.25. The predicted octanol–water partition coefficient (Wildman–Crippen LogP) is 2.35. The van der Waals surface area contributed by atoms with Crippen LogP contribution in [-0.4, -0.2) is 20.5 Å². The maximum Gasteiger partial charge on any atom is 0.339 e. The van der Waals surface area contributed by atoms with Crippen molar-refractivity contribution in [2.24, 2.45) is 5.14 Å². The molecule has 2 rings (SSSR count). The van der Waals surface area contributed by atoms with Crippen LogP contribution in [0.1, 0.15) is 29.6 Å². The molecule has 1 fully saturated rings. The summed E-state index contributed by atoms with van der Waals surface area (Å²) >= 11 is 11.6. The molecule has 2 N–H and O–H groups in total. The third-order valence-electron chi connectivity index (χ3n) is 2.87. The number of nitrogens with two attached hydrogens (primary N) is 1. The predicted molar refractivity (Wildman–Crippen MR) is 70.9 cm³/mol. The highest BCUT2D eigenvalue weighted by atomic mass is 35.5. The SMILES string of the molecule is NS(=O)(=O)c1cc(C(=O)OC2CCC2)c(Cl)cc1Cl. The minimum Gasteiger partial charge on any atom is -0.459 e. The first-order valence-corrected chi connectivity index (χ1v) is 7.82. The number of carbonyl (C=O) groups excluding carboxylic acids is 1. The Kier molecular flexibility index (Phi) is 4.06. The number of hydrogen-bond acceptors (Lipinski definition) is 4. The fraction of sp³-hybridized carbons (Fsp3) is 0.364. The summed E-state index contributed by atoms with van der Waals surface area (Å²) in [4.78, 5) is 11.5. The molecule has 0 bridgehead atoms. The highest BCUT2D eigenvalue weighted by Crippen LogP contribution is 2.30. The number of rotatable bonds is 3. The van der Waals surface area contributed by atoms with Crippen LogP contribution in [0, 0.1) is 0 Å². The number of carbonyl (C=O) groups is 1. The number of sulfonamides is 1. The van der Waals surface area contributed by atoms with Crippen LogP contribution in [0.15, 0.2) is 17.0 Å². The van der Waals surface area contributed by atoms with Crippen LogP contribution in [0.3, 0.4) is 0 Å². The van der Waals surface area contributed by atoms with Gasteiger partial charge in [-0.15, -0.1) is 0 Å². The summed E-state index contributed by atoms with van der Waals surface area (Å²) in [5.41, 5.74) is -0.0537. The zero-order valence-electron chi connectivity index (χ0n) is 9.73. The molecule has 104 valence electrons. The maximum absolute atomic E-state index is 11.9. The van der Waals surface area contributed by atoms with Gasteiger partial charge in [0.1, 0.15) is 11.0 Å². The minimum absolute atomic E-state index is 0.0294. The Morgan fingerprint density at radius 1 is 1.26 bits per heavy atom. The average Bonchev–Trinajstić information content (AvgIpc) is 2.21. The first-order valence-electron chi connectivity index (χ1n) is 5.52. The first-order chi connectivity index (χ1) is 8.79. The fourth-order valence-corrected chi connectivity index (χ4v) is 3.00. The van der Waals surface area contributed by atoms with Gasteiger partial charge in [0.25, 0.3) is 0 Å². The molecule has 1 aromatic carbocycles. The summed E-state index contributed by atoms with van der Waals surface area (Å²) in [5, 5.41) is 4.91. The van der Waals surface area contributed by atoms with Crippen molar-refractivity contribution in [1.82, 2.24) is 0 Å². The summed E-state index contributed by atoms with van der Waals surface area (Å²) in [6.45, 7) is 0.